The third-order valence-corrected chi connectivity index (χ3v) is 2.80. The van der Waals surface area contributed by atoms with Crippen LogP contribution in [0.1, 0.15) is 5.82 Å². The van der Waals surface area contributed by atoms with Gasteiger partial charge in [-0.3, -0.25) is 4.68 Å². The van der Waals surface area contributed by atoms with Crippen LogP contribution in [0.15, 0.2) is 24.3 Å². The summed E-state index contributed by atoms with van der Waals surface area (Å²) in [6.45, 7) is 1.92. The molecule has 2 aromatic rings. The van der Waals surface area contributed by atoms with Crippen LogP contribution in [0.2, 0.25) is 0 Å². The summed E-state index contributed by atoms with van der Waals surface area (Å²) < 4.78 is 2.96. The van der Waals surface area contributed by atoms with Crippen LogP contribution >= 0.6 is 22.6 Å². The molecule has 0 aliphatic carbocycles. The summed E-state index contributed by atoms with van der Waals surface area (Å²) in [5.41, 5.74) is 1.00. The van der Waals surface area contributed by atoms with Gasteiger partial charge in [-0.1, -0.05) is 0 Å². The van der Waals surface area contributed by atoms with Gasteiger partial charge >= 0.3 is 0 Å². The zero-order valence-electron chi connectivity index (χ0n) is 8.53. The molecule has 0 fully saturated rings. The van der Waals surface area contributed by atoms with E-state index in [0.29, 0.717) is 5.95 Å². The van der Waals surface area contributed by atoms with Crippen molar-refractivity contribution >= 4 is 34.2 Å². The van der Waals surface area contributed by atoms with Gasteiger partial charge in [-0.05, 0) is 53.8 Å². The van der Waals surface area contributed by atoms with Crippen molar-refractivity contribution in [2.24, 2.45) is 7.05 Å². The van der Waals surface area contributed by atoms with Gasteiger partial charge in [0.2, 0.25) is 5.95 Å². The molecular formula is C10H11IN4. The number of hydrogen-bond acceptors (Lipinski definition) is 3. The number of rotatable bonds is 2. The zero-order chi connectivity index (χ0) is 10.8. The maximum atomic E-state index is 4.27. The fourth-order valence-corrected chi connectivity index (χ4v) is 1.54. The monoisotopic (exact) mass is 314 g/mol. The lowest BCUT2D eigenvalue weighted by Crippen LogP contribution is -1.95. The van der Waals surface area contributed by atoms with E-state index in [1.54, 1.807) is 4.68 Å². The lowest BCUT2D eigenvalue weighted by molar-refractivity contribution is 0.736. The summed E-state index contributed by atoms with van der Waals surface area (Å²) in [6, 6.07) is 8.10. The summed E-state index contributed by atoms with van der Waals surface area (Å²) in [5, 5.41) is 7.37. The van der Waals surface area contributed by atoms with Crippen LogP contribution in [-0.4, -0.2) is 14.8 Å². The minimum Gasteiger partial charge on any atom is -0.323 e. The first-order chi connectivity index (χ1) is 7.15. The predicted molar refractivity (Wildman–Crippen MR) is 68.2 cm³/mol. The summed E-state index contributed by atoms with van der Waals surface area (Å²) in [6.07, 6.45) is 0. The number of nitrogens with one attached hydrogen (secondary N) is 1. The SMILES string of the molecule is Cc1nc(Nc2ccc(I)cc2)nn1C. The Bertz CT molecular complexity index is 441. The molecule has 15 heavy (non-hydrogen) atoms. The van der Waals surface area contributed by atoms with Gasteiger partial charge < -0.3 is 5.32 Å². The number of aryl methyl sites for hydroxylation is 2. The molecule has 0 bridgehead atoms. The molecule has 0 aliphatic rings. The van der Waals surface area contributed by atoms with Crippen LogP contribution < -0.4 is 5.32 Å². The predicted octanol–water partition coefficient (Wildman–Crippen LogP) is 2.47. The van der Waals surface area contributed by atoms with Gasteiger partial charge in [-0.2, -0.15) is 4.98 Å². The highest BCUT2D eigenvalue weighted by molar-refractivity contribution is 14.1. The highest BCUT2D eigenvalue weighted by Gasteiger charge is 2.02. The number of nitrogens with zero attached hydrogens (tertiary/aromatic N) is 3. The van der Waals surface area contributed by atoms with Crippen molar-refractivity contribution in [3.05, 3.63) is 33.7 Å². The van der Waals surface area contributed by atoms with Crippen molar-refractivity contribution in [2.75, 3.05) is 5.32 Å². The summed E-state index contributed by atoms with van der Waals surface area (Å²) >= 11 is 2.27. The van der Waals surface area contributed by atoms with Crippen LogP contribution in [0.3, 0.4) is 0 Å². The zero-order valence-corrected chi connectivity index (χ0v) is 10.7. The van der Waals surface area contributed by atoms with Gasteiger partial charge in [0.1, 0.15) is 5.82 Å². The quantitative estimate of drug-likeness (QED) is 0.866. The second-order valence-corrected chi connectivity index (χ2v) is 4.48. The van der Waals surface area contributed by atoms with Crippen LogP contribution in [0, 0.1) is 10.5 Å². The molecule has 0 radical (unpaired) electrons. The molecule has 0 atom stereocenters. The Labute approximate surface area is 102 Å². The van der Waals surface area contributed by atoms with Crippen molar-refractivity contribution in [3.8, 4) is 0 Å². The Morgan fingerprint density at radius 2 is 1.93 bits per heavy atom. The summed E-state index contributed by atoms with van der Waals surface area (Å²) in [5.74, 6) is 1.53. The van der Waals surface area contributed by atoms with Gasteiger partial charge in [-0.25, -0.2) is 0 Å². The van der Waals surface area contributed by atoms with Gasteiger partial charge in [-0.15, -0.1) is 5.10 Å². The van der Waals surface area contributed by atoms with Crippen molar-refractivity contribution in [3.63, 3.8) is 0 Å². The fourth-order valence-electron chi connectivity index (χ4n) is 1.18. The van der Waals surface area contributed by atoms with E-state index < -0.39 is 0 Å². The first kappa shape index (κ1) is 10.4. The lowest BCUT2D eigenvalue weighted by Gasteiger charge is -2.00. The minimum absolute atomic E-state index is 0.635. The maximum absolute atomic E-state index is 4.27. The van der Waals surface area contributed by atoms with Crippen molar-refractivity contribution in [1.82, 2.24) is 14.8 Å². The Balaban J connectivity index is 2.18. The first-order valence-electron chi connectivity index (χ1n) is 4.55. The molecule has 2 rings (SSSR count). The van der Waals surface area contributed by atoms with Gasteiger partial charge in [0.15, 0.2) is 0 Å². The van der Waals surface area contributed by atoms with E-state index in [1.807, 2.05) is 38.2 Å². The fraction of sp³-hybridized carbons (Fsp3) is 0.200. The smallest absolute Gasteiger partial charge is 0.246 e. The van der Waals surface area contributed by atoms with E-state index in [-0.39, 0.29) is 0 Å². The van der Waals surface area contributed by atoms with Gasteiger partial charge in [0.25, 0.3) is 0 Å². The van der Waals surface area contributed by atoms with Crippen LogP contribution in [0.4, 0.5) is 11.6 Å². The molecule has 0 saturated heterocycles. The largest absolute Gasteiger partial charge is 0.323 e. The normalized spacial score (nSPS) is 10.3. The Morgan fingerprint density at radius 3 is 2.47 bits per heavy atom. The highest BCUT2D eigenvalue weighted by Crippen LogP contribution is 2.14. The summed E-state index contributed by atoms with van der Waals surface area (Å²) in [7, 11) is 1.88. The number of halogens is 1. The second kappa shape index (κ2) is 4.18. The molecule has 1 aromatic carbocycles. The Kier molecular flexibility index (Phi) is 2.90. The second-order valence-electron chi connectivity index (χ2n) is 3.24. The minimum atomic E-state index is 0.635. The van der Waals surface area contributed by atoms with Gasteiger partial charge in [0, 0.05) is 16.3 Å². The molecule has 0 amide bonds. The van der Waals surface area contributed by atoms with Crippen LogP contribution in [-0.2, 0) is 7.05 Å². The number of aromatic nitrogens is 3. The molecule has 1 N–H and O–H groups in total. The van der Waals surface area contributed by atoms with Gasteiger partial charge in [0.05, 0.1) is 0 Å². The number of hydrogen-bond donors (Lipinski definition) is 1. The average molecular weight is 314 g/mol. The van der Waals surface area contributed by atoms with E-state index in [1.165, 1.54) is 3.57 Å². The number of anilines is 2. The molecule has 0 saturated carbocycles. The standard InChI is InChI=1S/C10H11IN4/c1-7-12-10(14-15(7)2)13-9-5-3-8(11)4-6-9/h3-6H,1-2H3,(H,13,14). The Hall–Kier alpha value is -1.11. The lowest BCUT2D eigenvalue weighted by atomic mass is 10.3. The van der Waals surface area contributed by atoms with E-state index >= 15 is 0 Å². The molecule has 1 heterocycles. The van der Waals surface area contributed by atoms with Crippen molar-refractivity contribution in [1.29, 1.82) is 0 Å². The third kappa shape index (κ3) is 2.47. The maximum Gasteiger partial charge on any atom is 0.246 e. The number of benzene rings is 1. The van der Waals surface area contributed by atoms with Crippen molar-refractivity contribution < 1.29 is 0 Å². The van der Waals surface area contributed by atoms with E-state index in [9.17, 15) is 0 Å². The molecule has 1 aromatic heterocycles. The molecule has 78 valence electrons. The first-order valence-corrected chi connectivity index (χ1v) is 5.63. The molecule has 4 nitrogen and oxygen atoms in total. The highest BCUT2D eigenvalue weighted by atomic mass is 127. The Morgan fingerprint density at radius 1 is 1.27 bits per heavy atom. The molecular weight excluding hydrogens is 303 g/mol. The van der Waals surface area contributed by atoms with E-state index in [4.69, 9.17) is 0 Å². The molecule has 0 unspecified atom stereocenters. The summed E-state index contributed by atoms with van der Waals surface area (Å²) in [4.78, 5) is 4.27. The molecule has 0 aliphatic heterocycles. The molecule has 0 spiro atoms. The third-order valence-electron chi connectivity index (χ3n) is 2.08. The van der Waals surface area contributed by atoms with E-state index in [2.05, 4.69) is 38.0 Å². The van der Waals surface area contributed by atoms with E-state index in [0.717, 1.165) is 11.5 Å². The molecule has 5 heteroatoms. The topological polar surface area (TPSA) is 42.7 Å². The average Bonchev–Trinajstić information content (AvgIpc) is 2.50. The van der Waals surface area contributed by atoms with Crippen molar-refractivity contribution in [2.45, 2.75) is 6.92 Å². The van der Waals surface area contributed by atoms with Crippen LogP contribution in [0.5, 0.6) is 0 Å². The van der Waals surface area contributed by atoms with Crippen LogP contribution in [0.25, 0.3) is 0 Å².